The molecule has 0 rings (SSSR count). The minimum Gasteiger partial charge on any atom is -0.312 e. The lowest BCUT2D eigenvalue weighted by atomic mass is 10.3. The number of nitrogens with zero attached hydrogens (tertiary/aromatic N) is 1. The van der Waals surface area contributed by atoms with Gasteiger partial charge in [0.15, 0.2) is 0 Å². The van der Waals surface area contributed by atoms with Crippen LogP contribution in [-0.2, 0) is 0 Å². The Labute approximate surface area is 83.0 Å². The molecule has 0 radical (unpaired) electrons. The van der Waals surface area contributed by atoms with Gasteiger partial charge in [0.25, 0.3) is 0 Å². The molecular weight excluding hydrogens is 160 g/mol. The van der Waals surface area contributed by atoms with Crippen molar-refractivity contribution in [3.8, 4) is 0 Å². The molecule has 0 aromatic carbocycles. The molecule has 0 aromatic heterocycles. The molecule has 0 aliphatic heterocycles. The molecule has 0 amide bonds. The van der Waals surface area contributed by atoms with E-state index < -0.39 is 0 Å². The fourth-order valence-electron chi connectivity index (χ4n) is 1.16. The molecule has 0 atom stereocenters. The molecule has 0 fully saturated rings. The molecule has 1 N–H and O–H groups in total. The minimum absolute atomic E-state index is 1.00. The van der Waals surface area contributed by atoms with Crippen molar-refractivity contribution >= 4 is 0 Å². The maximum absolute atomic E-state index is 3.40. The van der Waals surface area contributed by atoms with Gasteiger partial charge < -0.3 is 10.2 Å². The van der Waals surface area contributed by atoms with E-state index in [1.165, 1.54) is 5.57 Å². The van der Waals surface area contributed by atoms with Crippen molar-refractivity contribution in [3.63, 3.8) is 0 Å². The average Bonchev–Trinajstić information content (AvgIpc) is 2.11. The van der Waals surface area contributed by atoms with E-state index in [2.05, 4.69) is 44.0 Å². The largest absolute Gasteiger partial charge is 0.312 e. The summed E-state index contributed by atoms with van der Waals surface area (Å²) in [5.41, 5.74) is 1.38. The molecule has 0 spiro atoms. The predicted octanol–water partition coefficient (Wildman–Crippen LogP) is 1.88. The SMILES string of the molecule is CCN(CC)CCNCC=C(C)C. The van der Waals surface area contributed by atoms with Gasteiger partial charge >= 0.3 is 0 Å². The molecule has 0 heterocycles. The molecule has 0 saturated carbocycles. The molecule has 0 aromatic rings. The molecule has 78 valence electrons. The minimum atomic E-state index is 1.00. The Bertz CT molecular complexity index is 133. The molecule has 0 saturated heterocycles. The second-order valence-electron chi connectivity index (χ2n) is 3.51. The van der Waals surface area contributed by atoms with E-state index in [0.717, 1.165) is 32.7 Å². The van der Waals surface area contributed by atoms with Crippen molar-refractivity contribution in [1.82, 2.24) is 10.2 Å². The molecule has 0 unspecified atom stereocenters. The van der Waals surface area contributed by atoms with Gasteiger partial charge in [-0.2, -0.15) is 0 Å². The van der Waals surface area contributed by atoms with Crippen LogP contribution in [0.25, 0.3) is 0 Å². The zero-order chi connectivity index (χ0) is 10.1. The molecule has 13 heavy (non-hydrogen) atoms. The van der Waals surface area contributed by atoms with Crippen LogP contribution in [0.2, 0.25) is 0 Å². The summed E-state index contributed by atoms with van der Waals surface area (Å²) in [6.07, 6.45) is 2.22. The second-order valence-corrected chi connectivity index (χ2v) is 3.51. The summed E-state index contributed by atoms with van der Waals surface area (Å²) in [7, 11) is 0. The quantitative estimate of drug-likeness (QED) is 0.480. The Hall–Kier alpha value is -0.340. The van der Waals surface area contributed by atoms with Crippen molar-refractivity contribution < 1.29 is 0 Å². The van der Waals surface area contributed by atoms with Crippen molar-refractivity contribution in [1.29, 1.82) is 0 Å². The first-order valence-corrected chi connectivity index (χ1v) is 5.27. The first-order chi connectivity index (χ1) is 6.20. The number of hydrogen-bond donors (Lipinski definition) is 1. The number of hydrogen-bond acceptors (Lipinski definition) is 2. The lowest BCUT2D eigenvalue weighted by Gasteiger charge is -2.17. The van der Waals surface area contributed by atoms with Gasteiger partial charge in [0.05, 0.1) is 0 Å². The van der Waals surface area contributed by atoms with Gasteiger partial charge in [-0.1, -0.05) is 25.5 Å². The van der Waals surface area contributed by atoms with Crippen LogP contribution in [0.1, 0.15) is 27.7 Å². The van der Waals surface area contributed by atoms with Crippen molar-refractivity contribution in [2.24, 2.45) is 0 Å². The van der Waals surface area contributed by atoms with E-state index in [1.807, 2.05) is 0 Å². The molecule has 2 heteroatoms. The van der Waals surface area contributed by atoms with Crippen LogP contribution in [0.3, 0.4) is 0 Å². The molecule has 0 bridgehead atoms. The third kappa shape index (κ3) is 8.00. The second kappa shape index (κ2) is 8.27. The monoisotopic (exact) mass is 184 g/mol. The third-order valence-electron chi connectivity index (χ3n) is 2.15. The van der Waals surface area contributed by atoms with Crippen molar-refractivity contribution in [2.45, 2.75) is 27.7 Å². The molecule has 0 aliphatic carbocycles. The summed E-state index contributed by atoms with van der Waals surface area (Å²) >= 11 is 0. The molecule has 0 aliphatic rings. The number of allylic oxidation sites excluding steroid dienone is 1. The van der Waals surface area contributed by atoms with E-state index in [9.17, 15) is 0 Å². The van der Waals surface area contributed by atoms with Crippen molar-refractivity contribution in [2.75, 3.05) is 32.7 Å². The van der Waals surface area contributed by atoms with Crippen LogP contribution in [0.5, 0.6) is 0 Å². The summed E-state index contributed by atoms with van der Waals surface area (Å²) in [6, 6.07) is 0. The van der Waals surface area contributed by atoms with Crippen LogP contribution < -0.4 is 5.32 Å². The van der Waals surface area contributed by atoms with E-state index in [1.54, 1.807) is 0 Å². The Morgan fingerprint density at radius 2 is 1.85 bits per heavy atom. The fraction of sp³-hybridized carbons (Fsp3) is 0.818. The molecule has 2 nitrogen and oxygen atoms in total. The van der Waals surface area contributed by atoms with Gasteiger partial charge in [0.1, 0.15) is 0 Å². The van der Waals surface area contributed by atoms with Gasteiger partial charge in [-0.05, 0) is 26.9 Å². The van der Waals surface area contributed by atoms with Crippen LogP contribution in [0.4, 0.5) is 0 Å². The molecular formula is C11H24N2. The first kappa shape index (κ1) is 12.7. The number of likely N-dealkylation sites (N-methyl/N-ethyl adjacent to an activating group) is 1. The normalized spacial score (nSPS) is 10.5. The number of rotatable bonds is 7. The van der Waals surface area contributed by atoms with Crippen molar-refractivity contribution in [3.05, 3.63) is 11.6 Å². The third-order valence-corrected chi connectivity index (χ3v) is 2.15. The Morgan fingerprint density at radius 3 is 2.31 bits per heavy atom. The van der Waals surface area contributed by atoms with E-state index >= 15 is 0 Å². The number of nitrogens with one attached hydrogen (secondary N) is 1. The van der Waals surface area contributed by atoms with Crippen LogP contribution in [0.15, 0.2) is 11.6 Å². The maximum atomic E-state index is 3.40. The highest BCUT2D eigenvalue weighted by molar-refractivity contribution is 4.94. The van der Waals surface area contributed by atoms with E-state index in [-0.39, 0.29) is 0 Å². The lowest BCUT2D eigenvalue weighted by Crippen LogP contribution is -2.31. The highest BCUT2D eigenvalue weighted by atomic mass is 15.1. The van der Waals surface area contributed by atoms with Gasteiger partial charge in [0, 0.05) is 19.6 Å². The van der Waals surface area contributed by atoms with E-state index in [4.69, 9.17) is 0 Å². The van der Waals surface area contributed by atoms with Gasteiger partial charge in [-0.3, -0.25) is 0 Å². The average molecular weight is 184 g/mol. The Kier molecular flexibility index (Phi) is 8.05. The van der Waals surface area contributed by atoms with E-state index in [0.29, 0.717) is 0 Å². The highest BCUT2D eigenvalue weighted by Crippen LogP contribution is 1.86. The lowest BCUT2D eigenvalue weighted by molar-refractivity contribution is 0.304. The van der Waals surface area contributed by atoms with Crippen LogP contribution in [-0.4, -0.2) is 37.6 Å². The highest BCUT2D eigenvalue weighted by Gasteiger charge is 1.95. The van der Waals surface area contributed by atoms with Gasteiger partial charge in [-0.25, -0.2) is 0 Å². The maximum Gasteiger partial charge on any atom is 0.0137 e. The predicted molar refractivity (Wildman–Crippen MR) is 60.1 cm³/mol. The zero-order valence-electron chi connectivity index (χ0n) is 9.56. The summed E-state index contributed by atoms with van der Waals surface area (Å²) in [5.74, 6) is 0. The van der Waals surface area contributed by atoms with Crippen LogP contribution >= 0.6 is 0 Å². The topological polar surface area (TPSA) is 15.3 Å². The zero-order valence-corrected chi connectivity index (χ0v) is 9.56. The summed E-state index contributed by atoms with van der Waals surface area (Å²) in [4.78, 5) is 2.43. The fourth-order valence-corrected chi connectivity index (χ4v) is 1.16. The standard InChI is InChI=1S/C11H24N2/c1-5-13(6-2)10-9-12-8-7-11(3)4/h7,12H,5-6,8-10H2,1-4H3. The summed E-state index contributed by atoms with van der Waals surface area (Å²) in [6.45, 7) is 14.2. The Balaban J connectivity index is 3.29. The Morgan fingerprint density at radius 1 is 1.23 bits per heavy atom. The van der Waals surface area contributed by atoms with Gasteiger partial charge in [-0.15, -0.1) is 0 Å². The van der Waals surface area contributed by atoms with Crippen LogP contribution in [0, 0.1) is 0 Å². The smallest absolute Gasteiger partial charge is 0.0137 e. The summed E-state index contributed by atoms with van der Waals surface area (Å²) in [5, 5.41) is 3.40. The van der Waals surface area contributed by atoms with Gasteiger partial charge in [0.2, 0.25) is 0 Å². The first-order valence-electron chi connectivity index (χ1n) is 5.27. The summed E-state index contributed by atoms with van der Waals surface area (Å²) < 4.78 is 0.